The molecule has 0 saturated carbocycles. The van der Waals surface area contributed by atoms with Crippen molar-refractivity contribution in [3.8, 4) is 0 Å². The van der Waals surface area contributed by atoms with Crippen molar-refractivity contribution in [1.82, 2.24) is 4.90 Å². The molecule has 0 saturated heterocycles. The van der Waals surface area contributed by atoms with E-state index in [1.807, 2.05) is 0 Å². The number of benzene rings is 1. The van der Waals surface area contributed by atoms with Crippen molar-refractivity contribution in [1.29, 1.82) is 0 Å². The van der Waals surface area contributed by atoms with Gasteiger partial charge in [-0.25, -0.2) is 0 Å². The van der Waals surface area contributed by atoms with Crippen LogP contribution in [0.1, 0.15) is 43.4 Å². The summed E-state index contributed by atoms with van der Waals surface area (Å²) in [6.07, 6.45) is 2.32. The Labute approximate surface area is 118 Å². The lowest BCUT2D eigenvalue weighted by Crippen LogP contribution is -2.53. The highest BCUT2D eigenvalue weighted by Gasteiger charge is 2.36. The summed E-state index contributed by atoms with van der Waals surface area (Å²) in [5.74, 6) is 0. The van der Waals surface area contributed by atoms with Crippen LogP contribution < -0.4 is 0 Å². The molecule has 108 valence electrons. The number of hydrogen-bond acceptors (Lipinski definition) is 2. The lowest BCUT2D eigenvalue weighted by Gasteiger charge is -2.43. The number of aliphatic hydroxyl groups is 1. The Bertz CT molecular complexity index is 387. The van der Waals surface area contributed by atoms with E-state index in [1.165, 1.54) is 16.7 Å². The smallest absolute Gasteiger partial charge is 0.0763 e. The Hall–Kier alpha value is -0.860. The number of aryl methyl sites for hydroxylation is 2. The van der Waals surface area contributed by atoms with Crippen molar-refractivity contribution in [3.63, 3.8) is 0 Å². The third-order valence-corrected chi connectivity index (χ3v) is 4.78. The van der Waals surface area contributed by atoms with Crippen molar-refractivity contribution in [2.45, 2.75) is 58.6 Å². The van der Waals surface area contributed by atoms with Crippen molar-refractivity contribution in [2.75, 3.05) is 14.1 Å². The monoisotopic (exact) mass is 263 g/mol. The van der Waals surface area contributed by atoms with Gasteiger partial charge in [0.2, 0.25) is 0 Å². The van der Waals surface area contributed by atoms with Crippen molar-refractivity contribution < 1.29 is 5.11 Å². The summed E-state index contributed by atoms with van der Waals surface area (Å²) in [4.78, 5) is 2.19. The molecule has 0 fully saturated rings. The molecule has 2 heteroatoms. The third-order valence-electron chi connectivity index (χ3n) is 4.78. The zero-order valence-electron chi connectivity index (χ0n) is 13.3. The molecule has 1 unspecified atom stereocenters. The molecule has 0 spiro atoms. The second kappa shape index (κ2) is 6.53. The van der Waals surface area contributed by atoms with E-state index >= 15 is 0 Å². The summed E-state index contributed by atoms with van der Waals surface area (Å²) < 4.78 is 0. The predicted molar refractivity (Wildman–Crippen MR) is 82.6 cm³/mol. The van der Waals surface area contributed by atoms with Gasteiger partial charge in [0.05, 0.1) is 6.10 Å². The number of hydrogen-bond donors (Lipinski definition) is 1. The predicted octanol–water partition coefficient (Wildman–Crippen LogP) is 3.33. The van der Waals surface area contributed by atoms with Crippen LogP contribution >= 0.6 is 0 Å². The lowest BCUT2D eigenvalue weighted by molar-refractivity contribution is -0.0127. The molecule has 19 heavy (non-hydrogen) atoms. The maximum absolute atomic E-state index is 10.8. The largest absolute Gasteiger partial charge is 0.391 e. The Morgan fingerprint density at radius 1 is 1.11 bits per heavy atom. The zero-order chi connectivity index (χ0) is 14.6. The van der Waals surface area contributed by atoms with Gasteiger partial charge in [0.15, 0.2) is 0 Å². The van der Waals surface area contributed by atoms with Gasteiger partial charge in [0.25, 0.3) is 0 Å². The summed E-state index contributed by atoms with van der Waals surface area (Å²) in [5, 5.41) is 10.8. The molecule has 1 aromatic rings. The van der Waals surface area contributed by atoms with Gasteiger partial charge in [-0.3, -0.25) is 0 Å². The van der Waals surface area contributed by atoms with Crippen LogP contribution in [0, 0.1) is 13.8 Å². The Morgan fingerprint density at radius 2 is 1.58 bits per heavy atom. The highest BCUT2D eigenvalue weighted by atomic mass is 16.3. The Kier molecular flexibility index (Phi) is 5.57. The van der Waals surface area contributed by atoms with Crippen LogP contribution in [0.15, 0.2) is 18.2 Å². The van der Waals surface area contributed by atoms with E-state index in [4.69, 9.17) is 0 Å². The second-order valence-corrected chi connectivity index (χ2v) is 5.80. The van der Waals surface area contributed by atoms with Gasteiger partial charge < -0.3 is 10.0 Å². The molecule has 0 aromatic heterocycles. The zero-order valence-corrected chi connectivity index (χ0v) is 13.3. The topological polar surface area (TPSA) is 23.5 Å². The summed E-state index contributed by atoms with van der Waals surface area (Å²) >= 11 is 0. The van der Waals surface area contributed by atoms with E-state index in [-0.39, 0.29) is 11.6 Å². The number of nitrogens with zero attached hydrogens (tertiary/aromatic N) is 1. The molecule has 1 rings (SSSR count). The first-order valence-corrected chi connectivity index (χ1v) is 7.29. The molecule has 0 aliphatic carbocycles. The summed E-state index contributed by atoms with van der Waals surface area (Å²) in [6, 6.07) is 6.34. The van der Waals surface area contributed by atoms with E-state index in [9.17, 15) is 5.11 Å². The molecule has 0 amide bonds. The fraction of sp³-hybridized carbons (Fsp3) is 0.647. The molecule has 0 bridgehead atoms. The molecule has 1 N–H and O–H groups in total. The quantitative estimate of drug-likeness (QED) is 0.851. The number of rotatable bonds is 6. The van der Waals surface area contributed by atoms with E-state index in [1.54, 1.807) is 0 Å². The van der Waals surface area contributed by atoms with Crippen LogP contribution in [0.4, 0.5) is 0 Å². The SMILES string of the molecule is CCC(CC)(C(O)Cc1c(C)cccc1C)N(C)C. The van der Waals surface area contributed by atoms with Gasteiger partial charge in [0.1, 0.15) is 0 Å². The Balaban J connectivity index is 3.03. The van der Waals surface area contributed by atoms with Crippen molar-refractivity contribution in [2.24, 2.45) is 0 Å². The second-order valence-electron chi connectivity index (χ2n) is 5.80. The van der Waals surface area contributed by atoms with E-state index in [0.717, 1.165) is 19.3 Å². The highest BCUT2D eigenvalue weighted by molar-refractivity contribution is 5.34. The van der Waals surface area contributed by atoms with E-state index < -0.39 is 0 Å². The van der Waals surface area contributed by atoms with Gasteiger partial charge in [-0.2, -0.15) is 0 Å². The molecular weight excluding hydrogens is 234 g/mol. The molecule has 1 aromatic carbocycles. The molecule has 0 heterocycles. The standard InChI is InChI=1S/C17H29NO/c1-7-17(8-2,18(5)6)16(19)12-15-13(3)10-9-11-14(15)4/h9-11,16,19H,7-8,12H2,1-6H3. The van der Waals surface area contributed by atoms with Crippen molar-refractivity contribution in [3.05, 3.63) is 34.9 Å². The minimum Gasteiger partial charge on any atom is -0.391 e. The summed E-state index contributed by atoms with van der Waals surface area (Å²) in [5.41, 5.74) is 3.72. The van der Waals surface area contributed by atoms with Gasteiger partial charge >= 0.3 is 0 Å². The van der Waals surface area contributed by atoms with Crippen LogP contribution in [-0.4, -0.2) is 35.7 Å². The number of likely N-dealkylation sites (N-methyl/N-ethyl adjacent to an activating group) is 1. The average Bonchev–Trinajstić information content (AvgIpc) is 2.36. The average molecular weight is 263 g/mol. The normalized spacial score (nSPS) is 13.9. The molecule has 0 aliphatic rings. The van der Waals surface area contributed by atoms with Crippen LogP contribution in [0.3, 0.4) is 0 Å². The number of aliphatic hydroxyl groups excluding tert-OH is 1. The summed E-state index contributed by atoms with van der Waals surface area (Å²) in [6.45, 7) is 8.59. The minimum absolute atomic E-state index is 0.130. The van der Waals surface area contributed by atoms with Gasteiger partial charge in [-0.1, -0.05) is 32.0 Å². The first kappa shape index (κ1) is 16.2. The molecule has 0 aliphatic heterocycles. The Morgan fingerprint density at radius 3 is 1.95 bits per heavy atom. The fourth-order valence-electron chi connectivity index (χ4n) is 3.21. The van der Waals surface area contributed by atoms with E-state index in [2.05, 4.69) is 64.9 Å². The molecule has 2 nitrogen and oxygen atoms in total. The van der Waals surface area contributed by atoms with Crippen LogP contribution in [0.2, 0.25) is 0 Å². The first-order valence-electron chi connectivity index (χ1n) is 7.29. The van der Waals surface area contributed by atoms with E-state index in [0.29, 0.717) is 0 Å². The molecular formula is C17H29NO. The third kappa shape index (κ3) is 3.18. The van der Waals surface area contributed by atoms with Gasteiger partial charge in [-0.15, -0.1) is 0 Å². The first-order chi connectivity index (χ1) is 8.89. The van der Waals surface area contributed by atoms with Crippen LogP contribution in [-0.2, 0) is 6.42 Å². The minimum atomic E-state index is -0.336. The maximum atomic E-state index is 10.8. The fourth-order valence-corrected chi connectivity index (χ4v) is 3.21. The maximum Gasteiger partial charge on any atom is 0.0763 e. The molecule has 0 radical (unpaired) electrons. The van der Waals surface area contributed by atoms with Crippen LogP contribution in [0.5, 0.6) is 0 Å². The molecule has 1 atom stereocenters. The lowest BCUT2D eigenvalue weighted by atomic mass is 9.81. The van der Waals surface area contributed by atoms with Crippen LogP contribution in [0.25, 0.3) is 0 Å². The highest BCUT2D eigenvalue weighted by Crippen LogP contribution is 2.29. The summed E-state index contributed by atoms with van der Waals surface area (Å²) in [7, 11) is 4.14. The van der Waals surface area contributed by atoms with Crippen molar-refractivity contribution >= 4 is 0 Å². The van der Waals surface area contributed by atoms with Gasteiger partial charge in [-0.05, 0) is 57.5 Å². The van der Waals surface area contributed by atoms with Gasteiger partial charge in [0, 0.05) is 12.0 Å².